The van der Waals surface area contributed by atoms with Gasteiger partial charge < -0.3 is 9.47 Å². The van der Waals surface area contributed by atoms with Crippen LogP contribution < -0.4 is 21.1 Å². The molecule has 0 fully saturated rings. The molecule has 29 heavy (non-hydrogen) atoms. The molecule has 9 heteroatoms. The number of rotatable bonds is 5. The molecule has 0 saturated carbocycles. The van der Waals surface area contributed by atoms with Crippen LogP contribution in [0.1, 0.15) is 17.8 Å². The van der Waals surface area contributed by atoms with Crippen molar-refractivity contribution >= 4 is 23.2 Å². The molecule has 0 saturated heterocycles. The van der Waals surface area contributed by atoms with Crippen LogP contribution in [0.4, 0.5) is 0 Å². The number of fused-ring (bicyclic) bond motifs is 1. The minimum atomic E-state index is -1.18. The van der Waals surface area contributed by atoms with Crippen LogP contribution >= 0.6 is 0 Å². The lowest BCUT2D eigenvalue weighted by Gasteiger charge is -2.27. The average molecular weight is 393 g/mol. The maximum atomic E-state index is 12.8. The molecule has 1 atom stereocenters. The second-order valence-electron chi connectivity index (χ2n) is 6.55. The number of nitrogens with one attached hydrogen (secondary N) is 2. The van der Waals surface area contributed by atoms with E-state index in [0.29, 0.717) is 28.0 Å². The summed E-state index contributed by atoms with van der Waals surface area (Å²) in [6, 6.07) is 14.1. The second kappa shape index (κ2) is 7.27. The van der Waals surface area contributed by atoms with E-state index in [9.17, 15) is 9.59 Å². The highest BCUT2D eigenvalue weighted by Crippen LogP contribution is 2.30. The van der Waals surface area contributed by atoms with Gasteiger partial charge >= 0.3 is 0 Å². The van der Waals surface area contributed by atoms with Crippen molar-refractivity contribution in [3.63, 3.8) is 0 Å². The number of aryl methyl sites for hydroxylation is 1. The number of hydrogen-bond acceptors (Lipinski definition) is 7. The highest BCUT2D eigenvalue weighted by Gasteiger charge is 2.39. The lowest BCUT2D eigenvalue weighted by atomic mass is 9.99. The first-order valence-electron chi connectivity index (χ1n) is 8.92. The summed E-state index contributed by atoms with van der Waals surface area (Å²) in [6.45, 7) is 1.65. The van der Waals surface area contributed by atoms with Gasteiger partial charge in [-0.3, -0.25) is 20.4 Å². The van der Waals surface area contributed by atoms with E-state index in [-0.39, 0.29) is 12.0 Å². The molecule has 0 spiro atoms. The molecular formula is C20H19N5O4. The molecule has 1 unspecified atom stereocenters. The summed E-state index contributed by atoms with van der Waals surface area (Å²) in [7, 11) is 1.57. The average Bonchev–Trinajstić information content (AvgIpc) is 3.20. The fraction of sp³-hybridized carbons (Fsp3) is 0.200. The van der Waals surface area contributed by atoms with E-state index < -0.39 is 11.6 Å². The Labute approximate surface area is 165 Å². The van der Waals surface area contributed by atoms with Crippen LogP contribution in [-0.4, -0.2) is 29.1 Å². The number of benzene rings is 2. The topological polar surface area (TPSA) is 107 Å². The van der Waals surface area contributed by atoms with Crippen LogP contribution in [0.2, 0.25) is 0 Å². The van der Waals surface area contributed by atoms with E-state index in [1.54, 1.807) is 62.6 Å². The summed E-state index contributed by atoms with van der Waals surface area (Å²) < 4.78 is 11.9. The number of nitrogens with zero attached hydrogens (tertiary/aromatic N) is 3. The predicted molar refractivity (Wildman–Crippen MR) is 107 cm³/mol. The third-order valence-electron chi connectivity index (χ3n) is 4.70. The molecule has 0 aliphatic carbocycles. The molecular weight excluding hydrogens is 374 g/mol. The van der Waals surface area contributed by atoms with Crippen LogP contribution in [-0.2, 0) is 15.3 Å². The molecule has 1 aromatic heterocycles. The zero-order valence-corrected chi connectivity index (χ0v) is 15.9. The number of ether oxygens (including phenoxy) is 2. The molecule has 0 radical (unpaired) electrons. The van der Waals surface area contributed by atoms with Crippen molar-refractivity contribution in [1.29, 1.82) is 0 Å². The first kappa shape index (κ1) is 18.5. The molecule has 2 aromatic carbocycles. The van der Waals surface area contributed by atoms with Crippen LogP contribution in [0.25, 0.3) is 10.9 Å². The van der Waals surface area contributed by atoms with Gasteiger partial charge in [-0.1, -0.05) is 12.1 Å². The third kappa shape index (κ3) is 3.38. The fourth-order valence-electron chi connectivity index (χ4n) is 3.22. The van der Waals surface area contributed by atoms with Gasteiger partial charge in [-0.05, 0) is 43.3 Å². The number of methoxy groups -OCH3 is 1. The van der Waals surface area contributed by atoms with Crippen molar-refractivity contribution in [2.45, 2.75) is 19.1 Å². The summed E-state index contributed by atoms with van der Waals surface area (Å²) in [5.74, 6) is 0.606. The van der Waals surface area contributed by atoms with Gasteiger partial charge in [-0.25, -0.2) is 9.66 Å². The third-order valence-corrected chi connectivity index (χ3v) is 4.70. The van der Waals surface area contributed by atoms with Gasteiger partial charge in [0.25, 0.3) is 5.56 Å². The maximum Gasteiger partial charge on any atom is 0.280 e. The van der Waals surface area contributed by atoms with Crippen molar-refractivity contribution in [2.24, 2.45) is 5.10 Å². The summed E-state index contributed by atoms with van der Waals surface area (Å²) in [5.41, 5.74) is 5.19. The van der Waals surface area contributed by atoms with E-state index >= 15 is 0 Å². The van der Waals surface area contributed by atoms with Gasteiger partial charge in [0.15, 0.2) is 6.40 Å². The Bertz CT molecular complexity index is 1150. The Hall–Kier alpha value is -3.88. The summed E-state index contributed by atoms with van der Waals surface area (Å²) >= 11 is 0. The zero-order chi connectivity index (χ0) is 20.4. The zero-order valence-electron chi connectivity index (χ0n) is 15.9. The Morgan fingerprint density at radius 2 is 2.00 bits per heavy atom. The van der Waals surface area contributed by atoms with E-state index in [4.69, 9.17) is 9.47 Å². The van der Waals surface area contributed by atoms with Gasteiger partial charge in [0.1, 0.15) is 11.6 Å². The number of hydrazone groups is 1. The Balaban J connectivity index is 1.61. The van der Waals surface area contributed by atoms with Crippen molar-refractivity contribution in [3.8, 4) is 5.75 Å². The lowest BCUT2D eigenvalue weighted by Crippen LogP contribution is -2.44. The van der Waals surface area contributed by atoms with Crippen molar-refractivity contribution < 1.29 is 14.3 Å². The fourth-order valence-corrected chi connectivity index (χ4v) is 3.22. The Kier molecular flexibility index (Phi) is 4.63. The number of carbonyl (C=O) groups is 1. The van der Waals surface area contributed by atoms with E-state index in [0.717, 1.165) is 4.68 Å². The van der Waals surface area contributed by atoms with Crippen molar-refractivity contribution in [2.75, 3.05) is 12.5 Å². The van der Waals surface area contributed by atoms with Gasteiger partial charge in [-0.15, -0.1) is 5.10 Å². The molecule has 0 bridgehead atoms. The summed E-state index contributed by atoms with van der Waals surface area (Å²) in [5, 5.41) is 4.32. The van der Waals surface area contributed by atoms with Crippen LogP contribution in [0, 0.1) is 6.92 Å². The quantitative estimate of drug-likeness (QED) is 0.682. The Morgan fingerprint density at radius 3 is 2.69 bits per heavy atom. The molecule has 3 aromatic rings. The predicted octanol–water partition coefficient (Wildman–Crippen LogP) is 1.59. The highest BCUT2D eigenvalue weighted by atomic mass is 16.5. The maximum absolute atomic E-state index is 12.8. The summed E-state index contributed by atoms with van der Waals surface area (Å²) in [4.78, 5) is 30.0. The first-order chi connectivity index (χ1) is 14.0. The molecule has 2 heterocycles. The molecule has 148 valence electrons. The number of aromatic nitrogens is 2. The number of carbonyl (C=O) groups excluding carboxylic acids is 1. The number of para-hydroxylation sites is 1. The van der Waals surface area contributed by atoms with E-state index in [2.05, 4.69) is 20.9 Å². The molecule has 1 aliphatic rings. The minimum Gasteiger partial charge on any atom is -0.497 e. The molecule has 9 nitrogen and oxygen atoms in total. The van der Waals surface area contributed by atoms with Crippen LogP contribution in [0.15, 0.2) is 58.4 Å². The normalized spacial score (nSPS) is 17.6. The monoisotopic (exact) mass is 393 g/mol. The van der Waals surface area contributed by atoms with Gasteiger partial charge in [0, 0.05) is 5.56 Å². The van der Waals surface area contributed by atoms with E-state index in [1.165, 1.54) is 6.40 Å². The smallest absolute Gasteiger partial charge is 0.280 e. The standard InChI is InChI=1S/C20H19N5O4/c1-13-22-17-6-4-3-5-16(17)19(27)25(13)23-18(26)11-20(24-21-12-29-20)14-7-9-15(28-2)10-8-14/h3-10,12,24H,11H2,1-2H3,(H,23,26). The SMILES string of the molecule is COc1ccc(C2(CC(=O)Nn3c(C)nc4ccccc4c3=O)NN=CO2)cc1. The minimum absolute atomic E-state index is 0.127. The van der Waals surface area contributed by atoms with Gasteiger partial charge in [0.2, 0.25) is 11.6 Å². The molecule has 2 N–H and O–H groups in total. The van der Waals surface area contributed by atoms with Crippen molar-refractivity contribution in [1.82, 2.24) is 15.1 Å². The van der Waals surface area contributed by atoms with Gasteiger partial charge in [-0.2, -0.15) is 0 Å². The second-order valence-corrected chi connectivity index (χ2v) is 6.55. The number of hydrogen-bond donors (Lipinski definition) is 2. The highest BCUT2D eigenvalue weighted by molar-refractivity contribution is 5.86. The van der Waals surface area contributed by atoms with Crippen LogP contribution in [0.3, 0.4) is 0 Å². The molecule has 4 rings (SSSR count). The first-order valence-corrected chi connectivity index (χ1v) is 8.92. The largest absolute Gasteiger partial charge is 0.497 e. The van der Waals surface area contributed by atoms with Crippen molar-refractivity contribution in [3.05, 3.63) is 70.3 Å². The molecule has 1 aliphatic heterocycles. The van der Waals surface area contributed by atoms with Gasteiger partial charge in [0.05, 0.1) is 24.4 Å². The van der Waals surface area contributed by atoms with Crippen LogP contribution in [0.5, 0.6) is 5.75 Å². The van der Waals surface area contributed by atoms with E-state index in [1.807, 2.05) is 0 Å². The number of amides is 1. The molecule has 1 amide bonds. The summed E-state index contributed by atoms with van der Waals surface area (Å²) in [6.07, 6.45) is 1.12. The lowest BCUT2D eigenvalue weighted by molar-refractivity contribution is -0.122. The Morgan fingerprint density at radius 1 is 1.24 bits per heavy atom.